The van der Waals surface area contributed by atoms with E-state index in [2.05, 4.69) is 11.6 Å². The summed E-state index contributed by atoms with van der Waals surface area (Å²) in [4.78, 5) is 10.5. The highest BCUT2D eigenvalue weighted by atomic mass is 32.2. The van der Waals surface area contributed by atoms with Crippen LogP contribution in [0.5, 0.6) is 0 Å². The fourth-order valence-corrected chi connectivity index (χ4v) is 2.94. The highest BCUT2D eigenvalue weighted by Gasteiger charge is 2.32. The van der Waals surface area contributed by atoms with Crippen molar-refractivity contribution in [2.24, 2.45) is 5.73 Å². The van der Waals surface area contributed by atoms with Crippen molar-refractivity contribution in [2.45, 2.75) is 36.9 Å². The number of carbonyl (C=O) groups excluding carboxylic acids is 1. The van der Waals surface area contributed by atoms with Gasteiger partial charge in [-0.15, -0.1) is 0 Å². The lowest BCUT2D eigenvalue weighted by Gasteiger charge is -2.26. The Bertz CT molecular complexity index is 191. The fraction of sp³-hybridized carbons (Fsp3) is 0.900. The van der Waals surface area contributed by atoms with Crippen molar-refractivity contribution < 1.29 is 4.79 Å². The highest BCUT2D eigenvalue weighted by molar-refractivity contribution is 8.00. The number of hydrogen-bond acceptors (Lipinski definition) is 3. The normalized spacial score (nSPS) is 19.8. The second-order valence-corrected chi connectivity index (χ2v) is 5.26. The fourth-order valence-electron chi connectivity index (χ4n) is 2.00. The molecule has 1 fully saturated rings. The predicted octanol–water partition coefficient (Wildman–Crippen LogP) is 1.13. The van der Waals surface area contributed by atoms with E-state index in [9.17, 15) is 4.79 Å². The molecule has 0 aliphatic heterocycles. The van der Waals surface area contributed by atoms with Crippen molar-refractivity contribution in [3.8, 4) is 0 Å². The summed E-state index contributed by atoms with van der Waals surface area (Å²) in [6, 6.07) is 0. The zero-order chi connectivity index (χ0) is 10.4. The number of hydrogen-bond donors (Lipinski definition) is 2. The molecule has 0 atom stereocenters. The zero-order valence-corrected chi connectivity index (χ0v) is 9.66. The highest BCUT2D eigenvalue weighted by Crippen LogP contribution is 2.39. The summed E-state index contributed by atoms with van der Waals surface area (Å²) >= 11 is 1.96. The molecule has 0 saturated heterocycles. The second kappa shape index (κ2) is 5.61. The van der Waals surface area contributed by atoms with Crippen LogP contribution in [0.4, 0.5) is 0 Å². The summed E-state index contributed by atoms with van der Waals surface area (Å²) in [5.41, 5.74) is 5.07. The van der Waals surface area contributed by atoms with Crippen LogP contribution in [0.3, 0.4) is 0 Å². The Balaban J connectivity index is 2.18. The molecule has 0 aromatic rings. The Hall–Kier alpha value is -0.220. The van der Waals surface area contributed by atoms with Crippen molar-refractivity contribution in [1.82, 2.24) is 5.32 Å². The summed E-state index contributed by atoms with van der Waals surface area (Å²) in [7, 11) is 0. The van der Waals surface area contributed by atoms with Crippen molar-refractivity contribution in [3.63, 3.8) is 0 Å². The van der Waals surface area contributed by atoms with Gasteiger partial charge in [-0.05, 0) is 19.1 Å². The van der Waals surface area contributed by atoms with Gasteiger partial charge in [-0.2, -0.15) is 11.8 Å². The van der Waals surface area contributed by atoms with E-state index >= 15 is 0 Å². The standard InChI is InChI=1S/C10H20N2OS/c1-14-10(5-2-3-6-10)8-12-7-4-9(11)13/h12H,2-8H2,1H3,(H2,11,13). The summed E-state index contributed by atoms with van der Waals surface area (Å²) in [5.74, 6) is -0.220. The molecule has 3 nitrogen and oxygen atoms in total. The van der Waals surface area contributed by atoms with Crippen LogP contribution in [0, 0.1) is 0 Å². The largest absolute Gasteiger partial charge is 0.370 e. The van der Waals surface area contributed by atoms with E-state index in [-0.39, 0.29) is 5.91 Å². The molecular formula is C10H20N2OS. The molecule has 0 bridgehead atoms. The third-order valence-corrected chi connectivity index (χ3v) is 4.36. The number of amides is 1. The SMILES string of the molecule is CSC1(CNCCC(N)=O)CCCC1. The second-order valence-electron chi connectivity index (χ2n) is 3.99. The zero-order valence-electron chi connectivity index (χ0n) is 8.84. The van der Waals surface area contributed by atoms with Crippen LogP contribution in [0.15, 0.2) is 0 Å². The smallest absolute Gasteiger partial charge is 0.218 e. The van der Waals surface area contributed by atoms with Crippen LogP contribution in [-0.4, -0.2) is 30.0 Å². The van der Waals surface area contributed by atoms with Crippen LogP contribution < -0.4 is 11.1 Å². The van der Waals surface area contributed by atoms with Gasteiger partial charge in [0.15, 0.2) is 0 Å². The molecule has 0 radical (unpaired) electrons. The summed E-state index contributed by atoms with van der Waals surface area (Å²) < 4.78 is 0.428. The van der Waals surface area contributed by atoms with Gasteiger partial charge in [0.05, 0.1) is 0 Å². The van der Waals surface area contributed by atoms with Crippen molar-refractivity contribution in [1.29, 1.82) is 0 Å². The first-order valence-corrected chi connectivity index (χ1v) is 6.45. The molecular weight excluding hydrogens is 196 g/mol. The van der Waals surface area contributed by atoms with Gasteiger partial charge in [-0.1, -0.05) is 12.8 Å². The average molecular weight is 216 g/mol. The first kappa shape index (κ1) is 11.9. The van der Waals surface area contributed by atoms with E-state index in [1.54, 1.807) is 0 Å². The van der Waals surface area contributed by atoms with Gasteiger partial charge in [0.1, 0.15) is 0 Å². The molecule has 82 valence electrons. The molecule has 1 aliphatic rings. The molecule has 1 aliphatic carbocycles. The number of rotatable bonds is 6. The van der Waals surface area contributed by atoms with Gasteiger partial charge < -0.3 is 11.1 Å². The number of primary amides is 1. The molecule has 1 rings (SSSR count). The Kier molecular flexibility index (Phi) is 4.75. The molecule has 0 aromatic heterocycles. The molecule has 1 saturated carbocycles. The van der Waals surface area contributed by atoms with Gasteiger partial charge >= 0.3 is 0 Å². The van der Waals surface area contributed by atoms with E-state index in [0.717, 1.165) is 13.1 Å². The van der Waals surface area contributed by atoms with E-state index in [1.165, 1.54) is 25.7 Å². The summed E-state index contributed by atoms with van der Waals surface area (Å²) in [5, 5.41) is 3.33. The molecule has 4 heteroatoms. The Labute approximate surface area is 90.2 Å². The van der Waals surface area contributed by atoms with Crippen LogP contribution >= 0.6 is 11.8 Å². The van der Waals surface area contributed by atoms with E-state index in [4.69, 9.17) is 5.73 Å². The summed E-state index contributed by atoms with van der Waals surface area (Å²) in [6.07, 6.45) is 7.93. The Morgan fingerprint density at radius 3 is 2.64 bits per heavy atom. The molecule has 0 heterocycles. The maximum Gasteiger partial charge on any atom is 0.218 e. The van der Waals surface area contributed by atoms with E-state index in [0.29, 0.717) is 11.2 Å². The first-order valence-electron chi connectivity index (χ1n) is 5.23. The van der Waals surface area contributed by atoms with Gasteiger partial charge in [0, 0.05) is 24.3 Å². The number of thioether (sulfide) groups is 1. The topological polar surface area (TPSA) is 55.1 Å². The van der Waals surface area contributed by atoms with E-state index < -0.39 is 0 Å². The number of nitrogens with one attached hydrogen (secondary N) is 1. The third-order valence-electron chi connectivity index (χ3n) is 2.94. The molecule has 0 unspecified atom stereocenters. The first-order chi connectivity index (χ1) is 6.68. The lowest BCUT2D eigenvalue weighted by molar-refractivity contribution is -0.117. The lowest BCUT2D eigenvalue weighted by atomic mass is 10.1. The minimum Gasteiger partial charge on any atom is -0.370 e. The summed E-state index contributed by atoms with van der Waals surface area (Å²) in [6.45, 7) is 1.74. The molecule has 14 heavy (non-hydrogen) atoms. The van der Waals surface area contributed by atoms with Crippen molar-refractivity contribution >= 4 is 17.7 Å². The minimum atomic E-state index is -0.220. The van der Waals surface area contributed by atoms with Crippen LogP contribution in [-0.2, 0) is 4.79 Å². The van der Waals surface area contributed by atoms with Crippen LogP contribution in [0.1, 0.15) is 32.1 Å². The van der Waals surface area contributed by atoms with Crippen LogP contribution in [0.2, 0.25) is 0 Å². The third kappa shape index (κ3) is 3.50. The molecule has 3 N–H and O–H groups in total. The average Bonchev–Trinajstić information content (AvgIpc) is 2.62. The number of nitrogens with two attached hydrogens (primary N) is 1. The minimum absolute atomic E-state index is 0.220. The quantitative estimate of drug-likeness (QED) is 0.654. The van der Waals surface area contributed by atoms with E-state index in [1.807, 2.05) is 11.8 Å². The predicted molar refractivity (Wildman–Crippen MR) is 61.4 cm³/mol. The Morgan fingerprint density at radius 2 is 2.14 bits per heavy atom. The molecule has 0 aromatic carbocycles. The number of carbonyl (C=O) groups is 1. The monoisotopic (exact) mass is 216 g/mol. The van der Waals surface area contributed by atoms with Gasteiger partial charge in [-0.3, -0.25) is 4.79 Å². The maximum atomic E-state index is 10.5. The Morgan fingerprint density at radius 1 is 1.50 bits per heavy atom. The maximum absolute atomic E-state index is 10.5. The van der Waals surface area contributed by atoms with Crippen molar-refractivity contribution in [2.75, 3.05) is 19.3 Å². The lowest BCUT2D eigenvalue weighted by Crippen LogP contribution is -2.36. The molecule has 1 amide bonds. The van der Waals surface area contributed by atoms with Crippen molar-refractivity contribution in [3.05, 3.63) is 0 Å². The van der Waals surface area contributed by atoms with Gasteiger partial charge in [0.25, 0.3) is 0 Å². The molecule has 0 spiro atoms. The van der Waals surface area contributed by atoms with Gasteiger partial charge in [0.2, 0.25) is 5.91 Å². The van der Waals surface area contributed by atoms with Crippen LogP contribution in [0.25, 0.3) is 0 Å². The van der Waals surface area contributed by atoms with Gasteiger partial charge in [-0.25, -0.2) is 0 Å².